The van der Waals surface area contributed by atoms with Gasteiger partial charge in [-0.2, -0.15) is 4.31 Å². The van der Waals surface area contributed by atoms with Crippen molar-refractivity contribution in [1.29, 1.82) is 0 Å². The third kappa shape index (κ3) is 6.44. The van der Waals surface area contributed by atoms with Crippen molar-refractivity contribution in [3.8, 4) is 5.75 Å². The average Bonchev–Trinajstić information content (AvgIpc) is 3.31. The predicted octanol–water partition coefficient (Wildman–Crippen LogP) is 3.24. The SMILES string of the molecule is COc1ccc(S(=O)(=O)N2CCCCC2)cc1CCC(=O)NCc1ccc(CN2CCCC2=O)cc1. The van der Waals surface area contributed by atoms with Gasteiger partial charge in [0.05, 0.1) is 12.0 Å². The molecule has 2 amide bonds. The Morgan fingerprint density at radius 1 is 0.972 bits per heavy atom. The highest BCUT2D eigenvalue weighted by Gasteiger charge is 2.26. The van der Waals surface area contributed by atoms with Gasteiger partial charge in [-0.25, -0.2) is 8.42 Å². The van der Waals surface area contributed by atoms with Crippen LogP contribution in [0, 0.1) is 0 Å². The predicted molar refractivity (Wildman–Crippen MR) is 137 cm³/mol. The van der Waals surface area contributed by atoms with Gasteiger partial charge in [0.1, 0.15) is 5.75 Å². The van der Waals surface area contributed by atoms with Gasteiger partial charge in [0.2, 0.25) is 21.8 Å². The van der Waals surface area contributed by atoms with Crippen LogP contribution in [0.25, 0.3) is 0 Å². The standard InChI is InChI=1S/C27H35N3O5S/c1-35-25-13-12-24(36(33,34)30-16-3-2-4-17-30)18-23(25)11-14-26(31)28-19-21-7-9-22(10-8-21)20-29-15-5-6-27(29)32/h7-10,12-13,18H,2-6,11,14-17,19-20H2,1H3,(H,28,31). The molecule has 2 aromatic carbocycles. The number of aryl methyl sites for hydroxylation is 1. The van der Waals surface area contributed by atoms with Crippen molar-refractivity contribution in [1.82, 2.24) is 14.5 Å². The molecule has 0 bridgehead atoms. The van der Waals surface area contributed by atoms with E-state index in [9.17, 15) is 18.0 Å². The van der Waals surface area contributed by atoms with Crippen LogP contribution in [0.4, 0.5) is 0 Å². The zero-order chi connectivity index (χ0) is 25.5. The maximum Gasteiger partial charge on any atom is 0.243 e. The van der Waals surface area contributed by atoms with E-state index in [-0.39, 0.29) is 23.1 Å². The zero-order valence-corrected chi connectivity index (χ0v) is 21.7. The summed E-state index contributed by atoms with van der Waals surface area (Å²) in [5.74, 6) is 0.665. The quantitative estimate of drug-likeness (QED) is 0.526. The largest absolute Gasteiger partial charge is 0.496 e. The van der Waals surface area contributed by atoms with Crippen LogP contribution >= 0.6 is 0 Å². The summed E-state index contributed by atoms with van der Waals surface area (Å²) >= 11 is 0. The van der Waals surface area contributed by atoms with Crippen LogP contribution in [-0.4, -0.2) is 56.2 Å². The molecular formula is C27H35N3O5S. The smallest absolute Gasteiger partial charge is 0.243 e. The Hall–Kier alpha value is -2.91. The van der Waals surface area contributed by atoms with Crippen molar-refractivity contribution < 1.29 is 22.7 Å². The lowest BCUT2D eigenvalue weighted by Gasteiger charge is -2.26. The number of hydrogen-bond donors (Lipinski definition) is 1. The first-order chi connectivity index (χ1) is 17.4. The lowest BCUT2D eigenvalue weighted by atomic mass is 10.1. The fraction of sp³-hybridized carbons (Fsp3) is 0.481. The molecule has 2 heterocycles. The summed E-state index contributed by atoms with van der Waals surface area (Å²) < 4.78 is 33.1. The van der Waals surface area contributed by atoms with E-state index in [4.69, 9.17) is 4.74 Å². The first-order valence-electron chi connectivity index (χ1n) is 12.7. The summed E-state index contributed by atoms with van der Waals surface area (Å²) in [6.07, 6.45) is 4.97. The maximum absolute atomic E-state index is 13.1. The number of rotatable bonds is 10. The number of hydrogen-bond acceptors (Lipinski definition) is 5. The van der Waals surface area contributed by atoms with E-state index in [0.717, 1.165) is 43.4 Å². The molecule has 0 unspecified atom stereocenters. The number of sulfonamides is 1. The van der Waals surface area contributed by atoms with Crippen molar-refractivity contribution in [3.63, 3.8) is 0 Å². The number of methoxy groups -OCH3 is 1. The van der Waals surface area contributed by atoms with Crippen molar-refractivity contribution in [3.05, 3.63) is 59.2 Å². The molecule has 36 heavy (non-hydrogen) atoms. The van der Waals surface area contributed by atoms with Crippen LogP contribution in [-0.2, 0) is 39.1 Å². The van der Waals surface area contributed by atoms with Gasteiger partial charge in [0.15, 0.2) is 0 Å². The molecule has 4 rings (SSSR count). The second-order valence-electron chi connectivity index (χ2n) is 9.45. The molecule has 8 nitrogen and oxygen atoms in total. The summed E-state index contributed by atoms with van der Waals surface area (Å²) in [5, 5.41) is 2.93. The van der Waals surface area contributed by atoms with Crippen LogP contribution in [0.1, 0.15) is 55.2 Å². The highest BCUT2D eigenvalue weighted by Crippen LogP contribution is 2.27. The second kappa shape index (κ2) is 11.9. The molecule has 2 aliphatic heterocycles. The Kier molecular flexibility index (Phi) is 8.64. The summed E-state index contributed by atoms with van der Waals surface area (Å²) in [6, 6.07) is 12.8. The van der Waals surface area contributed by atoms with E-state index in [1.54, 1.807) is 29.6 Å². The number of nitrogens with zero attached hydrogens (tertiary/aromatic N) is 2. The summed E-state index contributed by atoms with van der Waals surface area (Å²) in [4.78, 5) is 26.5. The first kappa shape index (κ1) is 26.2. The molecule has 0 saturated carbocycles. The number of likely N-dealkylation sites (tertiary alicyclic amines) is 1. The van der Waals surface area contributed by atoms with Crippen molar-refractivity contribution in [2.75, 3.05) is 26.7 Å². The maximum atomic E-state index is 13.1. The Morgan fingerprint density at radius 2 is 1.69 bits per heavy atom. The van der Waals surface area contributed by atoms with Crippen molar-refractivity contribution in [2.24, 2.45) is 0 Å². The van der Waals surface area contributed by atoms with Gasteiger partial charge < -0.3 is 15.0 Å². The molecular weight excluding hydrogens is 478 g/mol. The molecule has 0 spiro atoms. The fourth-order valence-corrected chi connectivity index (χ4v) is 6.32. The molecule has 194 valence electrons. The Morgan fingerprint density at radius 3 is 2.36 bits per heavy atom. The Balaban J connectivity index is 1.31. The number of amides is 2. The lowest BCUT2D eigenvalue weighted by molar-refractivity contribution is -0.128. The Labute approximate surface area is 213 Å². The summed E-state index contributed by atoms with van der Waals surface area (Å²) in [6.45, 7) is 2.93. The summed E-state index contributed by atoms with van der Waals surface area (Å²) in [7, 11) is -2.01. The molecule has 9 heteroatoms. The van der Waals surface area contributed by atoms with E-state index < -0.39 is 10.0 Å². The minimum absolute atomic E-state index is 0.118. The average molecular weight is 514 g/mol. The van der Waals surface area contributed by atoms with Gasteiger partial charge in [-0.05, 0) is 60.6 Å². The monoisotopic (exact) mass is 513 g/mol. The molecule has 2 aliphatic rings. The number of ether oxygens (including phenoxy) is 1. The van der Waals surface area contributed by atoms with E-state index >= 15 is 0 Å². The molecule has 2 aromatic rings. The molecule has 1 N–H and O–H groups in total. The van der Waals surface area contributed by atoms with Crippen LogP contribution in [0.3, 0.4) is 0 Å². The van der Waals surface area contributed by atoms with Gasteiger partial charge in [-0.15, -0.1) is 0 Å². The first-order valence-corrected chi connectivity index (χ1v) is 14.1. The third-order valence-electron chi connectivity index (χ3n) is 6.88. The number of piperidine rings is 1. The third-order valence-corrected chi connectivity index (χ3v) is 8.78. The topological polar surface area (TPSA) is 96.0 Å². The zero-order valence-electron chi connectivity index (χ0n) is 20.9. The number of nitrogens with one attached hydrogen (secondary N) is 1. The van der Waals surface area contributed by atoms with Gasteiger partial charge in [0.25, 0.3) is 0 Å². The van der Waals surface area contributed by atoms with Crippen LogP contribution in [0.5, 0.6) is 5.75 Å². The molecule has 0 aliphatic carbocycles. The fourth-order valence-electron chi connectivity index (χ4n) is 4.76. The lowest BCUT2D eigenvalue weighted by Crippen LogP contribution is -2.35. The summed E-state index contributed by atoms with van der Waals surface area (Å²) in [5.41, 5.74) is 2.76. The van der Waals surface area contributed by atoms with Gasteiger partial charge in [0, 0.05) is 45.6 Å². The molecule has 0 aromatic heterocycles. The number of benzene rings is 2. The molecule has 0 radical (unpaired) electrons. The van der Waals surface area contributed by atoms with Crippen molar-refractivity contribution in [2.45, 2.75) is 62.9 Å². The van der Waals surface area contributed by atoms with E-state index in [1.165, 1.54) is 0 Å². The molecule has 2 saturated heterocycles. The number of carbonyl (C=O) groups is 2. The normalized spacial score (nSPS) is 16.8. The van der Waals surface area contributed by atoms with Gasteiger partial charge in [-0.3, -0.25) is 9.59 Å². The minimum atomic E-state index is -3.55. The minimum Gasteiger partial charge on any atom is -0.496 e. The van der Waals surface area contributed by atoms with Crippen LogP contribution in [0.2, 0.25) is 0 Å². The highest BCUT2D eigenvalue weighted by molar-refractivity contribution is 7.89. The highest BCUT2D eigenvalue weighted by atomic mass is 32.2. The van der Waals surface area contributed by atoms with Gasteiger partial charge >= 0.3 is 0 Å². The van der Waals surface area contributed by atoms with Crippen molar-refractivity contribution >= 4 is 21.8 Å². The van der Waals surface area contributed by atoms with Crippen LogP contribution < -0.4 is 10.1 Å². The molecule has 2 fully saturated rings. The van der Waals surface area contributed by atoms with E-state index in [1.807, 2.05) is 29.2 Å². The molecule has 0 atom stereocenters. The van der Waals surface area contributed by atoms with Gasteiger partial charge in [-0.1, -0.05) is 30.7 Å². The van der Waals surface area contributed by atoms with Crippen LogP contribution in [0.15, 0.2) is 47.4 Å². The van der Waals surface area contributed by atoms with E-state index in [2.05, 4.69) is 5.32 Å². The second-order valence-corrected chi connectivity index (χ2v) is 11.4. The Bertz CT molecular complexity index is 1170. The number of carbonyl (C=O) groups excluding carboxylic acids is 2. The van der Waals surface area contributed by atoms with E-state index in [0.29, 0.717) is 50.3 Å².